The molecular formula is C26H32N3O+. The van der Waals surface area contributed by atoms with E-state index in [9.17, 15) is 4.79 Å². The summed E-state index contributed by atoms with van der Waals surface area (Å²) in [5, 5.41) is 3.89. The van der Waals surface area contributed by atoms with Gasteiger partial charge in [0.15, 0.2) is 0 Å². The summed E-state index contributed by atoms with van der Waals surface area (Å²) >= 11 is 0. The van der Waals surface area contributed by atoms with E-state index >= 15 is 0 Å². The van der Waals surface area contributed by atoms with Crippen molar-refractivity contribution in [1.29, 1.82) is 0 Å². The quantitative estimate of drug-likeness (QED) is 0.810. The SMILES string of the molecule is C[NH+]1CCN(C(=O)c2ccc3c(c2)[C@@H]2[C@@H]4CC[C@H](C4)[C@@H]2[C@H](c2ccccc2)N3)CC1. The molecule has 2 aromatic carbocycles. The standard InChI is InChI=1S/C26H31N3O/c1-28-11-13-29(14-12-28)26(30)20-9-10-22-21(16-20)23-18-7-8-19(15-18)24(23)25(27-22)17-5-3-2-4-6-17/h2-6,9-10,16,18-19,23-25,27H,7-8,11-15H2,1H3/p+1/t18-,19-,23+,24+,25+/m1/s1. The lowest BCUT2D eigenvalue weighted by molar-refractivity contribution is -0.883. The second-order valence-electron chi connectivity index (χ2n) is 10.0. The van der Waals surface area contributed by atoms with Crippen molar-refractivity contribution >= 4 is 11.6 Å². The number of benzene rings is 2. The van der Waals surface area contributed by atoms with Crippen molar-refractivity contribution in [3.05, 3.63) is 65.2 Å². The van der Waals surface area contributed by atoms with Gasteiger partial charge in [0.25, 0.3) is 5.91 Å². The van der Waals surface area contributed by atoms with E-state index in [1.807, 2.05) is 0 Å². The van der Waals surface area contributed by atoms with E-state index in [-0.39, 0.29) is 5.91 Å². The summed E-state index contributed by atoms with van der Waals surface area (Å²) in [4.78, 5) is 16.8. The number of fused-ring (bicyclic) bond motifs is 7. The van der Waals surface area contributed by atoms with Gasteiger partial charge in [-0.1, -0.05) is 30.3 Å². The third-order valence-electron chi connectivity index (χ3n) is 8.40. The van der Waals surface area contributed by atoms with Crippen molar-refractivity contribution in [1.82, 2.24) is 4.90 Å². The largest absolute Gasteiger partial charge is 0.378 e. The Balaban J connectivity index is 1.35. The maximum absolute atomic E-state index is 13.2. The molecule has 2 saturated carbocycles. The highest BCUT2D eigenvalue weighted by molar-refractivity contribution is 5.95. The Kier molecular flexibility index (Phi) is 4.38. The number of rotatable bonds is 2. The van der Waals surface area contributed by atoms with Gasteiger partial charge in [-0.25, -0.2) is 0 Å². The number of nitrogens with one attached hydrogen (secondary N) is 2. The number of anilines is 1. The Morgan fingerprint density at radius 3 is 2.60 bits per heavy atom. The molecule has 156 valence electrons. The van der Waals surface area contributed by atoms with Crippen molar-refractivity contribution in [3.63, 3.8) is 0 Å². The van der Waals surface area contributed by atoms with Crippen LogP contribution < -0.4 is 10.2 Å². The fourth-order valence-electron chi connectivity index (χ4n) is 6.88. The van der Waals surface area contributed by atoms with Crippen molar-refractivity contribution in [3.8, 4) is 0 Å². The summed E-state index contributed by atoms with van der Waals surface area (Å²) in [5.74, 6) is 3.05. The topological polar surface area (TPSA) is 36.8 Å². The fraction of sp³-hybridized carbons (Fsp3) is 0.500. The Labute approximate surface area is 179 Å². The van der Waals surface area contributed by atoms with Crippen molar-refractivity contribution in [2.24, 2.45) is 17.8 Å². The molecule has 0 aromatic heterocycles. The van der Waals surface area contributed by atoms with Crippen LogP contribution in [-0.2, 0) is 0 Å². The Bertz CT molecular complexity index is 950. The van der Waals surface area contributed by atoms with Gasteiger partial charge in [-0.15, -0.1) is 0 Å². The number of amides is 1. The highest BCUT2D eigenvalue weighted by atomic mass is 16.2. The van der Waals surface area contributed by atoms with Gasteiger partial charge in [0.1, 0.15) is 0 Å². The molecule has 4 nitrogen and oxygen atoms in total. The number of quaternary nitrogens is 1. The summed E-state index contributed by atoms with van der Waals surface area (Å²) in [6, 6.07) is 17.9. The first-order valence-electron chi connectivity index (χ1n) is 11.7. The van der Waals surface area contributed by atoms with E-state index in [4.69, 9.17) is 0 Å². The van der Waals surface area contributed by atoms with Crippen LogP contribution in [0.15, 0.2) is 48.5 Å². The lowest BCUT2D eigenvalue weighted by Gasteiger charge is -2.43. The first-order valence-corrected chi connectivity index (χ1v) is 11.7. The molecule has 2 aliphatic heterocycles. The summed E-state index contributed by atoms with van der Waals surface area (Å²) in [6.45, 7) is 3.83. The van der Waals surface area contributed by atoms with Crippen LogP contribution in [0.4, 0.5) is 5.69 Å². The summed E-state index contributed by atoms with van der Waals surface area (Å²) in [7, 11) is 2.21. The molecule has 2 N–H and O–H groups in total. The number of hydrogen-bond donors (Lipinski definition) is 2. The molecule has 2 aliphatic carbocycles. The van der Waals surface area contributed by atoms with Gasteiger partial charge in [0, 0.05) is 11.3 Å². The molecule has 30 heavy (non-hydrogen) atoms. The molecule has 2 bridgehead atoms. The zero-order chi connectivity index (χ0) is 20.2. The lowest BCUT2D eigenvalue weighted by Crippen LogP contribution is -3.12. The van der Waals surface area contributed by atoms with Crippen molar-refractivity contribution in [2.75, 3.05) is 38.5 Å². The molecule has 0 radical (unpaired) electrons. The minimum absolute atomic E-state index is 0.218. The van der Waals surface area contributed by atoms with Crippen molar-refractivity contribution < 1.29 is 9.69 Å². The minimum atomic E-state index is 0.218. The number of nitrogens with zero attached hydrogens (tertiary/aromatic N) is 1. The van der Waals surface area contributed by atoms with Gasteiger partial charge in [-0.3, -0.25) is 4.79 Å². The maximum Gasteiger partial charge on any atom is 0.254 e. The van der Waals surface area contributed by atoms with Gasteiger partial charge >= 0.3 is 0 Å². The molecule has 2 heterocycles. The Morgan fingerprint density at radius 2 is 1.80 bits per heavy atom. The normalized spacial score (nSPS) is 32.4. The summed E-state index contributed by atoms with van der Waals surface area (Å²) < 4.78 is 0. The highest BCUT2D eigenvalue weighted by Gasteiger charge is 2.53. The second kappa shape index (κ2) is 7.12. The molecule has 2 aromatic rings. The maximum atomic E-state index is 13.2. The number of likely N-dealkylation sites (N-methyl/N-ethyl adjacent to an activating group) is 1. The van der Waals surface area contributed by atoms with Crippen LogP contribution in [0.2, 0.25) is 0 Å². The van der Waals surface area contributed by atoms with Crippen LogP contribution >= 0.6 is 0 Å². The van der Waals surface area contributed by atoms with Crippen LogP contribution in [0.3, 0.4) is 0 Å². The molecule has 3 fully saturated rings. The molecule has 0 unspecified atom stereocenters. The van der Waals surface area contributed by atoms with Gasteiger partial charge in [-0.2, -0.15) is 0 Å². The molecule has 6 rings (SSSR count). The minimum Gasteiger partial charge on any atom is -0.378 e. The van der Waals surface area contributed by atoms with E-state index in [0.717, 1.165) is 43.6 Å². The van der Waals surface area contributed by atoms with Crippen molar-refractivity contribution in [2.45, 2.75) is 31.2 Å². The van der Waals surface area contributed by atoms with E-state index in [2.05, 4.69) is 65.8 Å². The van der Waals surface area contributed by atoms with Crippen LogP contribution in [0.5, 0.6) is 0 Å². The Morgan fingerprint density at radius 1 is 1.03 bits per heavy atom. The first kappa shape index (κ1) is 18.4. The monoisotopic (exact) mass is 402 g/mol. The predicted molar refractivity (Wildman–Crippen MR) is 119 cm³/mol. The highest BCUT2D eigenvalue weighted by Crippen LogP contribution is 2.63. The third-order valence-corrected chi connectivity index (χ3v) is 8.40. The van der Waals surface area contributed by atoms with Gasteiger partial charge in [0.05, 0.1) is 39.3 Å². The fourth-order valence-corrected chi connectivity index (χ4v) is 6.88. The number of carbonyl (C=O) groups excluding carboxylic acids is 1. The van der Waals surface area contributed by atoms with E-state index in [0.29, 0.717) is 17.9 Å². The van der Waals surface area contributed by atoms with Crippen LogP contribution in [0, 0.1) is 17.8 Å². The number of piperazine rings is 1. The summed E-state index contributed by atoms with van der Waals surface area (Å²) in [6.07, 6.45) is 4.08. The third kappa shape index (κ3) is 2.88. The molecule has 1 saturated heterocycles. The molecule has 5 atom stereocenters. The van der Waals surface area contributed by atoms with Gasteiger partial charge in [-0.05, 0) is 72.3 Å². The molecule has 4 aliphatic rings. The number of carbonyl (C=O) groups is 1. The zero-order valence-corrected chi connectivity index (χ0v) is 17.8. The average Bonchev–Trinajstić information content (AvgIpc) is 3.42. The lowest BCUT2D eigenvalue weighted by atomic mass is 9.68. The van der Waals surface area contributed by atoms with Crippen LogP contribution in [0.1, 0.15) is 52.7 Å². The summed E-state index contributed by atoms with van der Waals surface area (Å²) in [5.41, 5.74) is 4.95. The first-order chi connectivity index (χ1) is 14.7. The van der Waals surface area contributed by atoms with E-state index in [1.165, 1.54) is 41.0 Å². The molecule has 0 spiro atoms. The van der Waals surface area contributed by atoms with Crippen LogP contribution in [-0.4, -0.2) is 44.0 Å². The van der Waals surface area contributed by atoms with Crippen LogP contribution in [0.25, 0.3) is 0 Å². The molecular weight excluding hydrogens is 370 g/mol. The second-order valence-corrected chi connectivity index (χ2v) is 10.0. The van der Waals surface area contributed by atoms with Gasteiger partial charge in [0.2, 0.25) is 0 Å². The smallest absolute Gasteiger partial charge is 0.254 e. The van der Waals surface area contributed by atoms with E-state index in [1.54, 1.807) is 0 Å². The average molecular weight is 403 g/mol. The molecule has 1 amide bonds. The molecule has 4 heteroatoms. The zero-order valence-electron chi connectivity index (χ0n) is 17.8. The van der Waals surface area contributed by atoms with E-state index < -0.39 is 0 Å². The van der Waals surface area contributed by atoms with Gasteiger partial charge < -0.3 is 15.1 Å². The predicted octanol–water partition coefficient (Wildman–Crippen LogP) is 2.95. The number of hydrogen-bond acceptors (Lipinski definition) is 2. The Hall–Kier alpha value is -2.33.